The van der Waals surface area contributed by atoms with Crippen molar-refractivity contribution in [1.82, 2.24) is 0 Å². The number of hydrogen-bond acceptors (Lipinski definition) is 3. The Bertz CT molecular complexity index is 3120. The third-order valence-corrected chi connectivity index (χ3v) is 10.6. The molecule has 9 aromatic rings. The van der Waals surface area contributed by atoms with Gasteiger partial charge in [0.25, 0.3) is 0 Å². The Balaban J connectivity index is 0.950. The number of allylic oxidation sites excluding steroid dienone is 4. The topological polar surface area (TPSA) is 62.2 Å². The maximum absolute atomic E-state index is 6.47. The number of nitrogens with one attached hydrogen (secondary N) is 1. The molecule has 5 nitrogen and oxygen atoms in total. The summed E-state index contributed by atoms with van der Waals surface area (Å²) in [6.45, 7) is 4.20. The van der Waals surface area contributed by atoms with Crippen molar-refractivity contribution in [2.24, 2.45) is 15.0 Å². The lowest BCUT2D eigenvalue weighted by molar-refractivity contribution is 0.668. The highest BCUT2D eigenvalue weighted by Crippen LogP contribution is 2.37. The van der Waals surface area contributed by atoms with Crippen molar-refractivity contribution in [3.63, 3.8) is 0 Å². The van der Waals surface area contributed by atoms with Crippen LogP contribution in [0.15, 0.2) is 238 Å². The van der Waals surface area contributed by atoms with Crippen molar-refractivity contribution in [2.45, 2.75) is 6.54 Å². The molecule has 0 saturated carbocycles. The number of rotatable bonds is 11. The Kier molecular flexibility index (Phi) is 11.4. The van der Waals surface area contributed by atoms with Crippen LogP contribution in [0.5, 0.6) is 0 Å². The highest BCUT2D eigenvalue weighted by molar-refractivity contribution is 6.13. The van der Waals surface area contributed by atoms with Crippen molar-refractivity contribution in [2.75, 3.05) is 5.32 Å². The fourth-order valence-corrected chi connectivity index (χ4v) is 7.45. The normalized spacial score (nSPS) is 12.6. The molecule has 9 rings (SSSR count). The van der Waals surface area contributed by atoms with Crippen LogP contribution in [-0.2, 0) is 6.54 Å². The average molecular weight is 787 g/mol. The predicted molar refractivity (Wildman–Crippen MR) is 259 cm³/mol. The van der Waals surface area contributed by atoms with Gasteiger partial charge in [-0.15, -0.1) is 0 Å². The summed E-state index contributed by atoms with van der Waals surface area (Å²) in [5.74, 6) is 1.11. The van der Waals surface area contributed by atoms with Gasteiger partial charge >= 0.3 is 0 Å². The van der Waals surface area contributed by atoms with E-state index in [4.69, 9.17) is 14.4 Å². The fraction of sp³-hybridized carbons (Fsp3) is 0.0179. The minimum Gasteiger partial charge on any atom is -0.456 e. The van der Waals surface area contributed by atoms with E-state index in [1.165, 1.54) is 10.8 Å². The second-order valence-electron chi connectivity index (χ2n) is 14.6. The van der Waals surface area contributed by atoms with Crippen LogP contribution in [0.3, 0.4) is 0 Å². The summed E-state index contributed by atoms with van der Waals surface area (Å²) in [5, 5.41) is 8.01. The first-order valence-corrected chi connectivity index (χ1v) is 20.3. The molecular formula is C56H42N4O. The Hall–Kier alpha value is -8.15. The zero-order valence-electron chi connectivity index (χ0n) is 33.5. The van der Waals surface area contributed by atoms with Gasteiger partial charge in [-0.1, -0.05) is 188 Å². The van der Waals surface area contributed by atoms with Crippen LogP contribution < -0.4 is 5.32 Å². The van der Waals surface area contributed by atoms with Gasteiger partial charge in [-0.05, 0) is 81.2 Å². The lowest BCUT2D eigenvalue weighted by atomic mass is 9.97. The Morgan fingerprint density at radius 2 is 1.28 bits per heavy atom. The standard InChI is InChI=1S/C56H42N4O/c1-57-55(46-18-7-3-8-19-46)60-56(47-20-9-4-10-21-47)59-39-41-29-35-51-53(37-41)61-52-25-13-24-50(54(51)52)45-31-27-40(28-32-45)26-30-43(42-15-5-2-6-16-42)23-14-36-58-49-34-33-44-17-11-12-22-48(44)38-49/h2-38,58H,1,39H2/b30-26-,36-14+,43-23+,59-56?,60-55?. The van der Waals surface area contributed by atoms with Gasteiger partial charge < -0.3 is 9.73 Å². The van der Waals surface area contributed by atoms with E-state index in [0.717, 1.165) is 72.1 Å². The van der Waals surface area contributed by atoms with Crippen molar-refractivity contribution < 1.29 is 4.42 Å². The molecule has 8 aromatic carbocycles. The molecule has 0 saturated heterocycles. The summed E-state index contributed by atoms with van der Waals surface area (Å²) in [4.78, 5) is 14.1. The van der Waals surface area contributed by atoms with Crippen LogP contribution in [0.4, 0.5) is 5.69 Å². The van der Waals surface area contributed by atoms with E-state index in [1.54, 1.807) is 0 Å². The third kappa shape index (κ3) is 8.97. The number of anilines is 1. The number of hydrogen-bond donors (Lipinski definition) is 1. The lowest BCUT2D eigenvalue weighted by Gasteiger charge is -2.06. The molecule has 1 N–H and O–H groups in total. The lowest BCUT2D eigenvalue weighted by Crippen LogP contribution is -2.05. The molecular weight excluding hydrogens is 745 g/mol. The summed E-state index contributed by atoms with van der Waals surface area (Å²) in [5.41, 5.74) is 11.1. The minimum atomic E-state index is 0.418. The molecule has 0 aliphatic rings. The molecule has 0 atom stereocenters. The van der Waals surface area contributed by atoms with Gasteiger partial charge in [-0.2, -0.15) is 0 Å². The smallest absolute Gasteiger partial charge is 0.161 e. The molecule has 1 aromatic heterocycles. The molecule has 0 aliphatic heterocycles. The molecule has 1 heterocycles. The maximum atomic E-state index is 6.47. The first kappa shape index (κ1) is 38.4. The van der Waals surface area contributed by atoms with Crippen molar-refractivity contribution >= 4 is 68.4 Å². The molecule has 0 aliphatic carbocycles. The van der Waals surface area contributed by atoms with E-state index in [2.05, 4.69) is 163 Å². The zero-order chi connectivity index (χ0) is 41.2. The van der Waals surface area contributed by atoms with Gasteiger partial charge in [0.05, 0.1) is 6.54 Å². The monoisotopic (exact) mass is 786 g/mol. The molecule has 0 radical (unpaired) electrons. The Labute approximate surface area is 355 Å². The predicted octanol–water partition coefficient (Wildman–Crippen LogP) is 14.2. The summed E-state index contributed by atoms with van der Waals surface area (Å²) in [7, 11) is 0. The van der Waals surface area contributed by atoms with Crippen LogP contribution in [0.25, 0.3) is 55.5 Å². The molecule has 0 spiro atoms. The van der Waals surface area contributed by atoms with Gasteiger partial charge in [0.15, 0.2) is 11.7 Å². The summed E-state index contributed by atoms with van der Waals surface area (Å²) < 4.78 is 6.47. The van der Waals surface area contributed by atoms with Crippen molar-refractivity contribution in [1.29, 1.82) is 0 Å². The van der Waals surface area contributed by atoms with Crippen molar-refractivity contribution in [3.8, 4) is 11.1 Å². The molecule has 292 valence electrons. The largest absolute Gasteiger partial charge is 0.456 e. The van der Waals surface area contributed by atoms with E-state index >= 15 is 0 Å². The number of aliphatic imine (C=N–C) groups is 3. The molecule has 0 fully saturated rings. The molecule has 5 heteroatoms. The first-order valence-electron chi connectivity index (χ1n) is 20.3. The fourth-order valence-electron chi connectivity index (χ4n) is 7.45. The zero-order valence-corrected chi connectivity index (χ0v) is 33.5. The summed E-state index contributed by atoms with van der Waals surface area (Å²) in [6, 6.07) is 66.3. The highest BCUT2D eigenvalue weighted by Gasteiger charge is 2.14. The molecule has 0 bridgehead atoms. The SMILES string of the molecule is C=NC(=NC(=NCc1ccc2c(c1)oc1cccc(-c3ccc(\C=C/C(=C\C=C\Nc4ccc5ccccc5c4)c4ccccc4)cc3)c12)c1ccccc1)c1ccccc1. The van der Waals surface area contributed by atoms with Crippen LogP contribution in [0.2, 0.25) is 0 Å². The van der Waals surface area contributed by atoms with E-state index in [-0.39, 0.29) is 0 Å². The average Bonchev–Trinajstić information content (AvgIpc) is 3.70. The summed E-state index contributed by atoms with van der Waals surface area (Å²) in [6.07, 6.45) is 10.5. The van der Waals surface area contributed by atoms with E-state index in [1.807, 2.05) is 79.0 Å². The van der Waals surface area contributed by atoms with Gasteiger partial charge in [0.2, 0.25) is 0 Å². The first-order chi connectivity index (χ1) is 30.2. The number of furan rings is 1. The highest BCUT2D eigenvalue weighted by atomic mass is 16.3. The van der Waals surface area contributed by atoms with E-state index < -0.39 is 0 Å². The van der Waals surface area contributed by atoms with Crippen molar-refractivity contribution in [3.05, 3.63) is 246 Å². The molecule has 0 unspecified atom stereocenters. The Morgan fingerprint density at radius 1 is 0.590 bits per heavy atom. The van der Waals surface area contributed by atoms with Gasteiger partial charge in [-0.3, -0.25) is 4.99 Å². The second-order valence-corrected chi connectivity index (χ2v) is 14.6. The van der Waals surface area contributed by atoms with E-state index in [0.29, 0.717) is 18.2 Å². The number of fused-ring (bicyclic) bond motifs is 4. The second kappa shape index (κ2) is 18.2. The van der Waals surface area contributed by atoms with E-state index in [9.17, 15) is 0 Å². The Morgan fingerprint density at radius 3 is 2.02 bits per heavy atom. The quantitative estimate of drug-likeness (QED) is 0.0806. The maximum Gasteiger partial charge on any atom is 0.161 e. The number of amidine groups is 2. The van der Waals surface area contributed by atoms with Crippen LogP contribution >= 0.6 is 0 Å². The number of benzene rings is 8. The van der Waals surface area contributed by atoms with Crippen LogP contribution in [0, 0.1) is 0 Å². The number of nitrogens with zero attached hydrogens (tertiary/aromatic N) is 3. The third-order valence-electron chi connectivity index (χ3n) is 10.6. The van der Waals surface area contributed by atoms with Gasteiger partial charge in [-0.25, -0.2) is 9.98 Å². The summed E-state index contributed by atoms with van der Waals surface area (Å²) >= 11 is 0. The van der Waals surface area contributed by atoms with Crippen LogP contribution in [-0.4, -0.2) is 18.4 Å². The molecule has 61 heavy (non-hydrogen) atoms. The van der Waals surface area contributed by atoms with Gasteiger partial charge in [0.1, 0.15) is 11.2 Å². The minimum absolute atomic E-state index is 0.418. The van der Waals surface area contributed by atoms with Gasteiger partial charge in [0, 0.05) is 33.8 Å². The molecule has 0 amide bonds. The van der Waals surface area contributed by atoms with Crippen LogP contribution in [0.1, 0.15) is 27.8 Å².